The van der Waals surface area contributed by atoms with Crippen molar-refractivity contribution >= 4 is 28.2 Å². The van der Waals surface area contributed by atoms with E-state index in [9.17, 15) is 14.7 Å². The number of aromatic hydroxyl groups is 1. The van der Waals surface area contributed by atoms with Gasteiger partial charge in [-0.25, -0.2) is 0 Å². The predicted molar refractivity (Wildman–Crippen MR) is 104 cm³/mol. The number of benzene rings is 3. The summed E-state index contributed by atoms with van der Waals surface area (Å²) in [6, 6.07) is 16.1. The average molecular weight is 347 g/mol. The number of hydrogen-bond acceptors (Lipinski definition) is 3. The fraction of sp³-hybridized carbons (Fsp3) is 0.182. The fourth-order valence-corrected chi connectivity index (χ4v) is 2.90. The van der Waals surface area contributed by atoms with Crippen molar-refractivity contribution in [1.29, 1.82) is 0 Å². The van der Waals surface area contributed by atoms with Gasteiger partial charge in [-0.15, -0.1) is 0 Å². The SMILES string of the molecule is Cc1ccc(C(=O)CCC(=O)Nc2cccc3c(O)cccc23)cc1C. The number of anilines is 1. The molecule has 3 rings (SSSR count). The zero-order valence-corrected chi connectivity index (χ0v) is 14.9. The molecule has 4 nitrogen and oxygen atoms in total. The highest BCUT2D eigenvalue weighted by molar-refractivity contribution is 6.05. The van der Waals surface area contributed by atoms with E-state index in [1.165, 1.54) is 0 Å². The Hall–Kier alpha value is -3.14. The van der Waals surface area contributed by atoms with Crippen LogP contribution in [0, 0.1) is 13.8 Å². The summed E-state index contributed by atoms with van der Waals surface area (Å²) < 4.78 is 0. The number of aryl methyl sites for hydroxylation is 2. The summed E-state index contributed by atoms with van der Waals surface area (Å²) in [6.07, 6.45) is 0.269. The van der Waals surface area contributed by atoms with Gasteiger partial charge in [-0.1, -0.05) is 36.4 Å². The van der Waals surface area contributed by atoms with E-state index in [2.05, 4.69) is 5.32 Å². The van der Waals surface area contributed by atoms with E-state index >= 15 is 0 Å². The maximum atomic E-state index is 12.3. The van der Waals surface area contributed by atoms with Crippen LogP contribution in [0.1, 0.15) is 34.3 Å². The van der Waals surface area contributed by atoms with Crippen molar-refractivity contribution in [2.24, 2.45) is 0 Å². The molecule has 0 spiro atoms. The zero-order chi connectivity index (χ0) is 18.7. The fourth-order valence-electron chi connectivity index (χ4n) is 2.90. The first-order valence-electron chi connectivity index (χ1n) is 8.57. The second kappa shape index (κ2) is 7.40. The molecule has 0 saturated heterocycles. The summed E-state index contributed by atoms with van der Waals surface area (Å²) >= 11 is 0. The van der Waals surface area contributed by atoms with E-state index < -0.39 is 0 Å². The van der Waals surface area contributed by atoms with Crippen molar-refractivity contribution in [3.63, 3.8) is 0 Å². The summed E-state index contributed by atoms with van der Waals surface area (Å²) in [5.41, 5.74) is 3.47. The molecular formula is C22H21NO3. The van der Waals surface area contributed by atoms with Gasteiger partial charge in [-0.05, 0) is 43.2 Å². The molecule has 0 unspecified atom stereocenters. The number of carbonyl (C=O) groups excluding carboxylic acids is 2. The van der Waals surface area contributed by atoms with Gasteiger partial charge in [0.25, 0.3) is 0 Å². The third-order valence-electron chi connectivity index (χ3n) is 4.58. The first-order chi connectivity index (χ1) is 12.5. The lowest BCUT2D eigenvalue weighted by Gasteiger charge is -2.10. The molecule has 132 valence electrons. The van der Waals surface area contributed by atoms with Crippen LogP contribution in [0.4, 0.5) is 5.69 Å². The Bertz CT molecular complexity index is 992. The van der Waals surface area contributed by atoms with E-state index in [1.807, 2.05) is 32.0 Å². The Morgan fingerprint density at radius 3 is 2.38 bits per heavy atom. The van der Waals surface area contributed by atoms with Gasteiger partial charge < -0.3 is 10.4 Å². The zero-order valence-electron chi connectivity index (χ0n) is 14.9. The number of phenolic OH excluding ortho intramolecular Hbond substituents is 1. The van der Waals surface area contributed by atoms with Gasteiger partial charge in [0.2, 0.25) is 5.91 Å². The molecule has 0 atom stereocenters. The Kier molecular flexibility index (Phi) is 5.03. The molecule has 0 fully saturated rings. The molecule has 0 aliphatic rings. The van der Waals surface area contributed by atoms with Crippen LogP contribution >= 0.6 is 0 Å². The molecule has 0 radical (unpaired) electrons. The van der Waals surface area contributed by atoms with E-state index in [-0.39, 0.29) is 30.3 Å². The van der Waals surface area contributed by atoms with Crippen LogP contribution in [0.15, 0.2) is 54.6 Å². The van der Waals surface area contributed by atoms with E-state index in [4.69, 9.17) is 0 Å². The van der Waals surface area contributed by atoms with Crippen LogP contribution in [-0.4, -0.2) is 16.8 Å². The lowest BCUT2D eigenvalue weighted by Crippen LogP contribution is -2.13. The predicted octanol–water partition coefficient (Wildman–Crippen LogP) is 4.76. The van der Waals surface area contributed by atoms with Crippen molar-refractivity contribution in [3.05, 3.63) is 71.3 Å². The standard InChI is InChI=1S/C22H21NO3/c1-14-9-10-16(13-15(14)2)20(24)11-12-22(26)23-19-7-3-6-18-17(19)5-4-8-21(18)25/h3-10,13,25H,11-12H2,1-2H3,(H,23,26). The number of carbonyl (C=O) groups is 2. The lowest BCUT2D eigenvalue weighted by molar-refractivity contribution is -0.116. The quantitative estimate of drug-likeness (QED) is 0.654. The highest BCUT2D eigenvalue weighted by Gasteiger charge is 2.12. The average Bonchev–Trinajstić information content (AvgIpc) is 2.63. The number of amides is 1. The van der Waals surface area contributed by atoms with Gasteiger partial charge >= 0.3 is 0 Å². The van der Waals surface area contributed by atoms with Crippen LogP contribution in [0.2, 0.25) is 0 Å². The Labute approximate surface area is 152 Å². The van der Waals surface area contributed by atoms with E-state index in [0.717, 1.165) is 16.5 Å². The van der Waals surface area contributed by atoms with Crippen molar-refractivity contribution in [1.82, 2.24) is 0 Å². The first-order valence-corrected chi connectivity index (χ1v) is 8.57. The number of ketones is 1. The molecular weight excluding hydrogens is 326 g/mol. The summed E-state index contributed by atoms with van der Waals surface area (Å²) in [7, 11) is 0. The van der Waals surface area contributed by atoms with Gasteiger partial charge in [0, 0.05) is 34.9 Å². The van der Waals surface area contributed by atoms with E-state index in [1.54, 1.807) is 36.4 Å². The summed E-state index contributed by atoms with van der Waals surface area (Å²) in [6.45, 7) is 3.97. The molecule has 0 heterocycles. The molecule has 3 aromatic rings. The van der Waals surface area contributed by atoms with Gasteiger partial charge in [-0.3, -0.25) is 9.59 Å². The maximum Gasteiger partial charge on any atom is 0.224 e. The normalized spacial score (nSPS) is 10.7. The number of fused-ring (bicyclic) bond motifs is 1. The summed E-state index contributed by atoms with van der Waals surface area (Å²) in [5.74, 6) is -0.0969. The van der Waals surface area contributed by atoms with Crippen molar-refractivity contribution < 1.29 is 14.7 Å². The van der Waals surface area contributed by atoms with Gasteiger partial charge in [0.05, 0.1) is 0 Å². The van der Waals surface area contributed by atoms with Gasteiger partial charge in [0.15, 0.2) is 5.78 Å². The minimum Gasteiger partial charge on any atom is -0.507 e. The highest BCUT2D eigenvalue weighted by Crippen LogP contribution is 2.29. The van der Waals surface area contributed by atoms with Crippen molar-refractivity contribution in [2.45, 2.75) is 26.7 Å². The molecule has 0 saturated carbocycles. The summed E-state index contributed by atoms with van der Waals surface area (Å²) in [5, 5.41) is 14.2. The smallest absolute Gasteiger partial charge is 0.224 e. The lowest BCUT2D eigenvalue weighted by atomic mass is 10.0. The molecule has 3 aromatic carbocycles. The second-order valence-electron chi connectivity index (χ2n) is 6.45. The maximum absolute atomic E-state index is 12.3. The van der Waals surface area contributed by atoms with E-state index in [0.29, 0.717) is 16.6 Å². The molecule has 4 heteroatoms. The van der Waals surface area contributed by atoms with Crippen LogP contribution in [0.3, 0.4) is 0 Å². The molecule has 26 heavy (non-hydrogen) atoms. The monoisotopic (exact) mass is 347 g/mol. The molecule has 1 amide bonds. The largest absolute Gasteiger partial charge is 0.507 e. The number of hydrogen-bond donors (Lipinski definition) is 2. The van der Waals surface area contributed by atoms with Gasteiger partial charge in [-0.2, -0.15) is 0 Å². The highest BCUT2D eigenvalue weighted by atomic mass is 16.3. The summed E-state index contributed by atoms with van der Waals surface area (Å²) in [4.78, 5) is 24.6. The number of nitrogens with one attached hydrogen (secondary N) is 1. The second-order valence-corrected chi connectivity index (χ2v) is 6.45. The van der Waals surface area contributed by atoms with Crippen LogP contribution in [-0.2, 0) is 4.79 Å². The topological polar surface area (TPSA) is 66.4 Å². The number of Topliss-reactive ketones (excluding diaryl/α,β-unsaturated/α-hetero) is 1. The Morgan fingerprint density at radius 2 is 1.62 bits per heavy atom. The van der Waals surface area contributed by atoms with Gasteiger partial charge in [0.1, 0.15) is 5.75 Å². The molecule has 0 bridgehead atoms. The third kappa shape index (κ3) is 3.75. The first kappa shape index (κ1) is 17.7. The van der Waals surface area contributed by atoms with Crippen molar-refractivity contribution in [3.8, 4) is 5.75 Å². The molecule has 0 aromatic heterocycles. The van der Waals surface area contributed by atoms with Crippen LogP contribution < -0.4 is 5.32 Å². The van der Waals surface area contributed by atoms with Crippen LogP contribution in [0.5, 0.6) is 5.75 Å². The number of phenols is 1. The molecule has 0 aliphatic carbocycles. The molecule has 0 aliphatic heterocycles. The van der Waals surface area contributed by atoms with Crippen molar-refractivity contribution in [2.75, 3.05) is 5.32 Å². The minimum absolute atomic E-state index is 0.0428. The molecule has 2 N–H and O–H groups in total. The third-order valence-corrected chi connectivity index (χ3v) is 4.58. The number of rotatable bonds is 5. The van der Waals surface area contributed by atoms with Crippen LogP contribution in [0.25, 0.3) is 10.8 Å². The Morgan fingerprint density at radius 1 is 0.885 bits per heavy atom. The Balaban J connectivity index is 1.67. The minimum atomic E-state index is -0.224.